The molecule has 4 rings (SSSR count). The molecule has 0 aromatic carbocycles. The van der Waals surface area contributed by atoms with Gasteiger partial charge in [-0.3, -0.25) is 0 Å². The molecule has 7 unspecified atom stereocenters. The molecule has 46 heavy (non-hydrogen) atoms. The maximum Gasteiger partial charge on any atom is 0.407 e. The Morgan fingerprint density at radius 2 is 1.76 bits per heavy atom. The average Bonchev–Trinajstić information content (AvgIpc) is 2.95. The topological polar surface area (TPSA) is 85.9 Å². The third-order valence-electron chi connectivity index (χ3n) is 12.2. The Morgan fingerprint density at radius 1 is 1.02 bits per heavy atom. The summed E-state index contributed by atoms with van der Waals surface area (Å²) in [5, 5.41) is 6.22. The number of ether oxygens (including phenoxy) is 3. The van der Waals surface area contributed by atoms with Crippen molar-refractivity contribution in [1.29, 1.82) is 0 Å². The van der Waals surface area contributed by atoms with E-state index in [2.05, 4.69) is 71.8 Å². The number of fused-ring (bicyclic) bond motifs is 3. The summed E-state index contributed by atoms with van der Waals surface area (Å²) in [7, 11) is 0. The first-order valence-corrected chi connectivity index (χ1v) is 17.9. The summed E-state index contributed by atoms with van der Waals surface area (Å²) in [6.45, 7) is 21.8. The lowest BCUT2D eigenvalue weighted by Gasteiger charge is -2.59. The Balaban J connectivity index is 0.00000576. The number of hydrogen-bond acceptors (Lipinski definition) is 5. The number of allylic oxidation sites excluding steroid dienone is 2. The second kappa shape index (κ2) is 15.8. The number of alkyl carbamates (subject to hydrolysis) is 2. The normalized spacial score (nSPS) is 34.9. The molecule has 4 aliphatic carbocycles. The molecule has 0 heterocycles. The molecule has 0 spiro atoms. The summed E-state index contributed by atoms with van der Waals surface area (Å²) in [4.78, 5) is 25.7. The summed E-state index contributed by atoms with van der Waals surface area (Å²) in [6.07, 6.45) is 16.2. The van der Waals surface area contributed by atoms with Crippen molar-refractivity contribution in [2.75, 3.05) is 26.4 Å². The van der Waals surface area contributed by atoms with Crippen LogP contribution in [-0.4, -0.2) is 44.6 Å². The van der Waals surface area contributed by atoms with Gasteiger partial charge in [0, 0.05) is 18.0 Å². The maximum absolute atomic E-state index is 13.2. The molecule has 7 heteroatoms. The smallest absolute Gasteiger partial charge is 0.407 e. The minimum atomic E-state index is -0.373. The zero-order valence-electron chi connectivity index (χ0n) is 29.6. The minimum absolute atomic E-state index is 0. The van der Waals surface area contributed by atoms with Gasteiger partial charge in [-0.05, 0) is 111 Å². The quantitative estimate of drug-likeness (QED) is 0.125. The van der Waals surface area contributed by atoms with Crippen LogP contribution < -0.4 is 10.6 Å². The largest absolute Gasteiger partial charge is 0.502 e. The number of rotatable bonds is 12. The second-order valence-corrected chi connectivity index (χ2v) is 17.1. The third kappa shape index (κ3) is 9.46. The molecule has 0 aromatic heterocycles. The zero-order chi connectivity index (χ0) is 32.9. The van der Waals surface area contributed by atoms with E-state index in [4.69, 9.17) is 14.2 Å². The lowest BCUT2D eigenvalue weighted by molar-refractivity contribution is -0.0818. The first kappa shape index (κ1) is 38.3. The Labute approximate surface area is 281 Å². The summed E-state index contributed by atoms with van der Waals surface area (Å²) < 4.78 is 16.6. The van der Waals surface area contributed by atoms with Gasteiger partial charge in [0.05, 0.1) is 26.1 Å². The average molecular weight is 645 g/mol. The van der Waals surface area contributed by atoms with Crippen LogP contribution >= 0.6 is 0 Å². The molecule has 2 N–H and O–H groups in total. The van der Waals surface area contributed by atoms with Crippen molar-refractivity contribution in [2.24, 2.45) is 45.3 Å². The van der Waals surface area contributed by atoms with Gasteiger partial charge in [-0.2, -0.15) is 0 Å². The number of carbonyl (C=O) groups is 2. The highest BCUT2D eigenvalue weighted by Gasteiger charge is 2.55. The zero-order valence-corrected chi connectivity index (χ0v) is 29.6. The molecule has 3 fully saturated rings. The molecule has 7 nitrogen and oxygen atoms in total. The standard InChI is InChI=1S/C38H64N2O5.CH4/c1-9-43-19-10-11-20-44-34(42)40-30-22-35(4,5)24-36(6,23-30)25-39-33(41)45-26-37(7)17-12-18-38(8)31-15-13-28(27(2)3)21-29(31)14-16-32(37)38;/h9,14,27-28,30-32H,1,10-13,15-26H2,2-8H3,(H,39,41)(H,40,42);1H4. The van der Waals surface area contributed by atoms with E-state index in [1.54, 1.807) is 5.57 Å². The van der Waals surface area contributed by atoms with Gasteiger partial charge in [-0.1, -0.05) is 80.5 Å². The van der Waals surface area contributed by atoms with Crippen molar-refractivity contribution in [3.8, 4) is 0 Å². The van der Waals surface area contributed by atoms with E-state index >= 15 is 0 Å². The Bertz CT molecular complexity index is 1070. The SMILES string of the molecule is C.C=COCCCCOC(=O)NC1CC(C)(C)CC(C)(CNC(=O)OCC2(C)CCCC3(C)C4CCC(C(C)C)CC4=CCC23)C1. The fraction of sp³-hybridized carbons (Fsp3) is 0.846. The molecule has 3 saturated carbocycles. The van der Waals surface area contributed by atoms with Crippen LogP contribution in [0.3, 0.4) is 0 Å². The number of carbonyl (C=O) groups excluding carboxylic acids is 2. The first-order valence-electron chi connectivity index (χ1n) is 17.9. The molecule has 0 saturated heterocycles. The van der Waals surface area contributed by atoms with Gasteiger partial charge in [-0.15, -0.1) is 0 Å². The van der Waals surface area contributed by atoms with Crippen LogP contribution in [-0.2, 0) is 14.2 Å². The molecule has 0 bridgehead atoms. The maximum atomic E-state index is 13.2. The van der Waals surface area contributed by atoms with E-state index in [0.29, 0.717) is 43.6 Å². The molecular formula is C39H68N2O5. The van der Waals surface area contributed by atoms with Gasteiger partial charge in [0.1, 0.15) is 0 Å². The predicted molar refractivity (Wildman–Crippen MR) is 187 cm³/mol. The molecule has 2 amide bonds. The summed E-state index contributed by atoms with van der Waals surface area (Å²) in [5.74, 6) is 2.81. The monoisotopic (exact) mass is 645 g/mol. The third-order valence-corrected chi connectivity index (χ3v) is 12.2. The van der Waals surface area contributed by atoms with Gasteiger partial charge in [0.2, 0.25) is 0 Å². The van der Waals surface area contributed by atoms with E-state index < -0.39 is 0 Å². The van der Waals surface area contributed by atoms with Crippen LogP contribution in [0.2, 0.25) is 0 Å². The van der Waals surface area contributed by atoms with Gasteiger partial charge >= 0.3 is 12.2 Å². The highest BCUT2D eigenvalue weighted by Crippen LogP contribution is 2.63. The lowest BCUT2D eigenvalue weighted by Crippen LogP contribution is -2.53. The van der Waals surface area contributed by atoms with Gasteiger partial charge in [0.25, 0.3) is 0 Å². The van der Waals surface area contributed by atoms with Crippen molar-refractivity contribution >= 4 is 12.2 Å². The van der Waals surface area contributed by atoms with Crippen molar-refractivity contribution < 1.29 is 23.8 Å². The molecule has 264 valence electrons. The van der Waals surface area contributed by atoms with Gasteiger partial charge in [0.15, 0.2) is 0 Å². The molecule has 0 radical (unpaired) electrons. The van der Waals surface area contributed by atoms with Crippen molar-refractivity contribution in [3.05, 3.63) is 24.5 Å². The van der Waals surface area contributed by atoms with Gasteiger partial charge < -0.3 is 24.8 Å². The van der Waals surface area contributed by atoms with E-state index in [-0.39, 0.29) is 41.9 Å². The highest BCUT2D eigenvalue weighted by molar-refractivity contribution is 5.68. The second-order valence-electron chi connectivity index (χ2n) is 17.1. The molecular weight excluding hydrogens is 576 g/mol. The number of nitrogens with one attached hydrogen (secondary N) is 2. The summed E-state index contributed by atoms with van der Waals surface area (Å²) >= 11 is 0. The Hall–Kier alpha value is -2.18. The molecule has 0 aromatic rings. The highest BCUT2D eigenvalue weighted by atomic mass is 16.6. The molecule has 0 aliphatic heterocycles. The first-order chi connectivity index (χ1) is 21.2. The van der Waals surface area contributed by atoms with Crippen molar-refractivity contribution in [1.82, 2.24) is 10.6 Å². The van der Waals surface area contributed by atoms with Crippen LogP contribution in [0.1, 0.15) is 133 Å². The van der Waals surface area contributed by atoms with E-state index in [9.17, 15) is 9.59 Å². The number of unbranched alkanes of at least 4 members (excludes halogenated alkanes) is 1. The van der Waals surface area contributed by atoms with Crippen LogP contribution in [0, 0.1) is 45.3 Å². The fourth-order valence-corrected chi connectivity index (χ4v) is 10.3. The molecule has 7 atom stereocenters. The van der Waals surface area contributed by atoms with Crippen LogP contribution in [0.4, 0.5) is 9.59 Å². The number of hydrogen-bond donors (Lipinski definition) is 2. The lowest BCUT2D eigenvalue weighted by atomic mass is 9.46. The van der Waals surface area contributed by atoms with Crippen LogP contribution in [0.15, 0.2) is 24.5 Å². The fourth-order valence-electron chi connectivity index (χ4n) is 10.3. The van der Waals surface area contributed by atoms with Crippen molar-refractivity contribution in [3.63, 3.8) is 0 Å². The Morgan fingerprint density at radius 3 is 2.48 bits per heavy atom. The number of amides is 2. The van der Waals surface area contributed by atoms with Crippen LogP contribution in [0.25, 0.3) is 0 Å². The van der Waals surface area contributed by atoms with Gasteiger partial charge in [-0.25, -0.2) is 9.59 Å². The predicted octanol–water partition coefficient (Wildman–Crippen LogP) is 9.82. The van der Waals surface area contributed by atoms with E-state index in [1.807, 2.05) is 0 Å². The van der Waals surface area contributed by atoms with Crippen molar-refractivity contribution in [2.45, 2.75) is 139 Å². The van der Waals surface area contributed by atoms with E-state index in [0.717, 1.165) is 56.8 Å². The summed E-state index contributed by atoms with van der Waals surface area (Å²) in [6, 6.07) is -0.00755. The minimum Gasteiger partial charge on any atom is -0.502 e. The molecule has 4 aliphatic rings. The van der Waals surface area contributed by atoms with E-state index in [1.165, 1.54) is 38.4 Å². The van der Waals surface area contributed by atoms with Crippen LogP contribution in [0.5, 0.6) is 0 Å². The summed E-state index contributed by atoms with van der Waals surface area (Å²) in [5.41, 5.74) is 1.88. The Kier molecular flexibility index (Phi) is 13.2.